The molecule has 1 saturated carbocycles. The summed E-state index contributed by atoms with van der Waals surface area (Å²) in [6, 6.07) is 14.7. The van der Waals surface area contributed by atoms with Gasteiger partial charge >= 0.3 is 5.97 Å². The summed E-state index contributed by atoms with van der Waals surface area (Å²) in [5.74, 6) is -1.49. The van der Waals surface area contributed by atoms with E-state index in [1.165, 1.54) is 7.11 Å². The molecule has 2 aliphatic heterocycles. The molecular weight excluding hydrogens is 446 g/mol. The Kier molecular flexibility index (Phi) is 3.23. The molecule has 2 bridgehead atoms. The maximum absolute atomic E-state index is 13.2. The van der Waals surface area contributed by atoms with Crippen LogP contribution in [-0.4, -0.2) is 44.7 Å². The third-order valence-corrected chi connectivity index (χ3v) is 8.29. The predicted octanol–water partition coefficient (Wildman–Crippen LogP) is 3.58. The molecule has 0 spiro atoms. The Morgan fingerprint density at radius 1 is 0.943 bits per heavy atom. The van der Waals surface area contributed by atoms with Crippen molar-refractivity contribution in [2.24, 2.45) is 0 Å². The molecule has 2 amide bonds. The molecule has 1 fully saturated rings. The molecule has 3 atom stereocenters. The van der Waals surface area contributed by atoms with Crippen molar-refractivity contribution >= 4 is 61.4 Å². The van der Waals surface area contributed by atoms with Gasteiger partial charge in [0.05, 0.1) is 35.3 Å². The van der Waals surface area contributed by atoms with Gasteiger partial charge in [0, 0.05) is 45.0 Å². The lowest BCUT2D eigenvalue weighted by molar-refractivity contribution is -0.165. The quantitative estimate of drug-likeness (QED) is 0.291. The number of imide groups is 1. The fraction of sp³-hybridized carbons (Fsp3) is 0.222. The number of ether oxygens (including phenoxy) is 1. The van der Waals surface area contributed by atoms with E-state index in [0.717, 1.165) is 38.2 Å². The zero-order valence-corrected chi connectivity index (χ0v) is 18.7. The molecule has 8 nitrogen and oxygen atoms in total. The van der Waals surface area contributed by atoms with Crippen molar-refractivity contribution in [1.29, 1.82) is 0 Å². The fourth-order valence-corrected chi connectivity index (χ4v) is 7.08. The van der Waals surface area contributed by atoms with E-state index in [4.69, 9.17) is 4.74 Å². The van der Waals surface area contributed by atoms with E-state index in [1.54, 1.807) is 0 Å². The Morgan fingerprint density at radius 2 is 1.49 bits per heavy atom. The maximum Gasteiger partial charge on any atom is 0.340 e. The van der Waals surface area contributed by atoms with Crippen LogP contribution in [0.3, 0.4) is 0 Å². The van der Waals surface area contributed by atoms with Crippen molar-refractivity contribution in [2.45, 2.75) is 30.5 Å². The van der Waals surface area contributed by atoms with E-state index < -0.39 is 29.4 Å². The van der Waals surface area contributed by atoms with Gasteiger partial charge in [0.15, 0.2) is 5.60 Å². The maximum atomic E-state index is 13.2. The lowest BCUT2D eigenvalue weighted by Crippen LogP contribution is -2.44. The monoisotopic (exact) mass is 465 g/mol. The lowest BCUT2D eigenvalue weighted by Gasteiger charge is -2.30. The Balaban J connectivity index is 1.73. The van der Waals surface area contributed by atoms with Crippen LogP contribution in [0.1, 0.15) is 45.6 Å². The number of benzene rings is 3. The number of amides is 2. The number of hydrogen-bond acceptors (Lipinski definition) is 5. The number of carbonyl (C=O) groups excluding carboxylic acids is 3. The van der Waals surface area contributed by atoms with E-state index in [0.29, 0.717) is 22.9 Å². The lowest BCUT2D eigenvalue weighted by atomic mass is 9.95. The number of carbonyl (C=O) groups is 3. The number of fused-ring (bicyclic) bond motifs is 13. The average molecular weight is 465 g/mol. The SMILES string of the molecule is COC(=O)[C@@]1(O)C[C@H]2C[C@@H]1n1c3ccccc3c3c4c(c5c6ccccc6n2c5c31)C(=O)NC4=O. The minimum Gasteiger partial charge on any atom is -0.467 e. The number of hydrogen-bond donors (Lipinski definition) is 2. The number of methoxy groups -OCH3 is 1. The van der Waals surface area contributed by atoms with Crippen molar-refractivity contribution in [3.05, 3.63) is 59.7 Å². The second-order valence-electron chi connectivity index (χ2n) is 9.78. The van der Waals surface area contributed by atoms with Crippen LogP contribution >= 0.6 is 0 Å². The molecule has 172 valence electrons. The number of aliphatic hydroxyl groups is 1. The third kappa shape index (κ3) is 1.95. The third-order valence-electron chi connectivity index (χ3n) is 8.29. The Hall–Kier alpha value is -4.17. The Labute approximate surface area is 197 Å². The summed E-state index contributed by atoms with van der Waals surface area (Å²) in [4.78, 5) is 39.4. The second kappa shape index (κ2) is 5.90. The number of nitrogens with zero attached hydrogens (tertiary/aromatic N) is 2. The van der Waals surface area contributed by atoms with E-state index in [-0.39, 0.29) is 12.5 Å². The zero-order valence-electron chi connectivity index (χ0n) is 18.7. The second-order valence-corrected chi connectivity index (χ2v) is 9.78. The minimum absolute atomic E-state index is 0.188. The molecule has 3 aromatic carbocycles. The first kappa shape index (κ1) is 19.2. The molecule has 2 aromatic heterocycles. The first-order valence-corrected chi connectivity index (χ1v) is 11.6. The Bertz CT molecular complexity index is 1860. The van der Waals surface area contributed by atoms with Crippen molar-refractivity contribution in [2.75, 3.05) is 7.11 Å². The van der Waals surface area contributed by atoms with E-state index in [2.05, 4.69) is 9.88 Å². The standard InChI is InChI=1S/C27H19N3O5/c1-35-26(33)27(34)11-12-10-17(27)30-16-9-5-3-7-14(16)19-21-20(24(31)28-25(21)32)18-13-6-2-4-8-15(13)29(12)22(18)23(19)30/h2-9,12,17,34H,10-11H2,1H3,(H,28,31,32)/t12-,17+,27-/m1/s1. The predicted molar refractivity (Wildman–Crippen MR) is 129 cm³/mol. The summed E-state index contributed by atoms with van der Waals surface area (Å²) in [5, 5.41) is 17.4. The smallest absolute Gasteiger partial charge is 0.340 e. The highest BCUT2D eigenvalue weighted by molar-refractivity contribution is 6.39. The zero-order chi connectivity index (χ0) is 23.8. The van der Waals surface area contributed by atoms with Crippen molar-refractivity contribution in [3.63, 3.8) is 0 Å². The molecule has 2 N–H and O–H groups in total. The highest BCUT2D eigenvalue weighted by Gasteiger charge is 2.56. The van der Waals surface area contributed by atoms with Crippen LogP contribution < -0.4 is 5.32 Å². The van der Waals surface area contributed by atoms with Crippen molar-refractivity contribution < 1.29 is 24.2 Å². The summed E-state index contributed by atoms with van der Waals surface area (Å²) < 4.78 is 9.27. The minimum atomic E-state index is -1.74. The summed E-state index contributed by atoms with van der Waals surface area (Å²) in [6.07, 6.45) is 0.695. The van der Waals surface area contributed by atoms with Gasteiger partial charge < -0.3 is 19.0 Å². The summed E-state index contributed by atoms with van der Waals surface area (Å²) in [6.45, 7) is 0. The Morgan fingerprint density at radius 3 is 2.09 bits per heavy atom. The first-order valence-electron chi connectivity index (χ1n) is 11.6. The van der Waals surface area contributed by atoms with Gasteiger partial charge in [-0.3, -0.25) is 14.9 Å². The number of esters is 1. The molecule has 4 heterocycles. The van der Waals surface area contributed by atoms with Gasteiger partial charge in [-0.1, -0.05) is 36.4 Å². The molecule has 8 heteroatoms. The number of nitrogens with one attached hydrogen (secondary N) is 1. The summed E-state index contributed by atoms with van der Waals surface area (Å²) in [7, 11) is 1.29. The summed E-state index contributed by atoms with van der Waals surface area (Å²) in [5.41, 5.74) is 2.35. The van der Waals surface area contributed by atoms with Crippen molar-refractivity contribution in [3.8, 4) is 0 Å². The van der Waals surface area contributed by atoms with E-state index >= 15 is 0 Å². The first-order chi connectivity index (χ1) is 17.0. The van der Waals surface area contributed by atoms with Crippen LogP contribution in [-0.2, 0) is 9.53 Å². The molecule has 0 unspecified atom stereocenters. The molecule has 0 saturated heterocycles. The van der Waals surface area contributed by atoms with Crippen LogP contribution in [0.5, 0.6) is 0 Å². The van der Waals surface area contributed by atoms with Crippen LogP contribution in [0.25, 0.3) is 43.6 Å². The van der Waals surface area contributed by atoms with Gasteiger partial charge in [-0.05, 0) is 18.6 Å². The highest BCUT2D eigenvalue weighted by Crippen LogP contribution is 2.56. The average Bonchev–Trinajstić information content (AvgIpc) is 3.53. The van der Waals surface area contributed by atoms with Gasteiger partial charge in [0.2, 0.25) is 0 Å². The molecule has 8 rings (SSSR count). The van der Waals surface area contributed by atoms with Crippen LogP contribution in [0, 0.1) is 0 Å². The van der Waals surface area contributed by atoms with E-state index in [1.807, 2.05) is 53.1 Å². The molecule has 1 aliphatic carbocycles. The number of rotatable bonds is 1. The highest BCUT2D eigenvalue weighted by atomic mass is 16.5. The number of para-hydroxylation sites is 2. The molecular formula is C27H19N3O5. The molecule has 5 aromatic rings. The molecule has 35 heavy (non-hydrogen) atoms. The normalized spacial score (nSPS) is 24.6. The van der Waals surface area contributed by atoms with Gasteiger partial charge in [-0.15, -0.1) is 0 Å². The van der Waals surface area contributed by atoms with Gasteiger partial charge in [-0.25, -0.2) is 4.79 Å². The van der Waals surface area contributed by atoms with Crippen LogP contribution in [0.4, 0.5) is 0 Å². The van der Waals surface area contributed by atoms with E-state index in [9.17, 15) is 19.5 Å². The molecule has 3 aliphatic rings. The fourth-order valence-electron chi connectivity index (χ4n) is 7.08. The largest absolute Gasteiger partial charge is 0.467 e. The summed E-state index contributed by atoms with van der Waals surface area (Å²) >= 11 is 0. The number of aromatic nitrogens is 2. The topological polar surface area (TPSA) is 103 Å². The van der Waals surface area contributed by atoms with Crippen molar-refractivity contribution in [1.82, 2.24) is 14.5 Å². The molecule has 0 radical (unpaired) electrons. The van der Waals surface area contributed by atoms with Crippen LogP contribution in [0.2, 0.25) is 0 Å². The van der Waals surface area contributed by atoms with Gasteiger partial charge in [0.25, 0.3) is 11.8 Å². The van der Waals surface area contributed by atoms with Crippen LogP contribution in [0.15, 0.2) is 48.5 Å². The van der Waals surface area contributed by atoms with Gasteiger partial charge in [0.1, 0.15) is 0 Å². The van der Waals surface area contributed by atoms with Gasteiger partial charge in [-0.2, -0.15) is 0 Å².